The molecule has 1 amide bonds. The number of nitrogens with zero attached hydrogens (tertiary/aromatic N) is 1. The first-order valence-corrected chi connectivity index (χ1v) is 8.86. The van der Waals surface area contributed by atoms with E-state index in [0.717, 1.165) is 37.8 Å². The number of hydrogen-bond acceptors (Lipinski definition) is 4. The Labute approximate surface area is 148 Å². The largest absolute Gasteiger partial charge is 0.461 e. The summed E-state index contributed by atoms with van der Waals surface area (Å²) in [6, 6.07) is 8.06. The molecule has 3 rings (SSSR count). The fraction of sp³-hybridized carbons (Fsp3) is 0.500. The quantitative estimate of drug-likeness (QED) is 0.615. The summed E-state index contributed by atoms with van der Waals surface area (Å²) in [6.45, 7) is 2.31. The van der Waals surface area contributed by atoms with Crippen LogP contribution in [-0.2, 0) is 20.7 Å². The van der Waals surface area contributed by atoms with Gasteiger partial charge in [-0.3, -0.25) is 9.69 Å². The normalized spacial score (nSPS) is 26.5. The lowest BCUT2D eigenvalue weighted by atomic mass is 9.70. The van der Waals surface area contributed by atoms with E-state index in [1.165, 1.54) is 12.7 Å². The highest BCUT2D eigenvalue weighted by molar-refractivity contribution is 5.92. The molecule has 1 heterocycles. The molecule has 0 aromatic heterocycles. The molecule has 1 fully saturated rings. The molecular formula is C20H25NO4. The third kappa shape index (κ3) is 3.15. The molecule has 0 saturated heterocycles. The van der Waals surface area contributed by atoms with Crippen molar-refractivity contribution in [2.75, 3.05) is 12.0 Å². The highest BCUT2D eigenvalue weighted by atomic mass is 16.5. The van der Waals surface area contributed by atoms with Crippen molar-refractivity contribution in [2.24, 2.45) is 5.92 Å². The van der Waals surface area contributed by atoms with E-state index in [1.807, 2.05) is 36.1 Å². The van der Waals surface area contributed by atoms with Gasteiger partial charge in [-0.1, -0.05) is 37.1 Å². The minimum absolute atomic E-state index is 0.199. The summed E-state index contributed by atoms with van der Waals surface area (Å²) in [7, 11) is 1.44. The highest BCUT2D eigenvalue weighted by Gasteiger charge is 2.52. The van der Waals surface area contributed by atoms with Gasteiger partial charge in [0.15, 0.2) is 0 Å². The predicted molar refractivity (Wildman–Crippen MR) is 95.5 cm³/mol. The molecule has 3 atom stereocenters. The summed E-state index contributed by atoms with van der Waals surface area (Å²) < 4.78 is 10.1. The van der Waals surface area contributed by atoms with Crippen molar-refractivity contribution >= 4 is 18.3 Å². The summed E-state index contributed by atoms with van der Waals surface area (Å²) in [5, 5.41) is 0. The van der Waals surface area contributed by atoms with Crippen molar-refractivity contribution in [3.8, 4) is 0 Å². The van der Waals surface area contributed by atoms with Crippen LogP contribution in [0, 0.1) is 5.92 Å². The molecule has 1 spiro atoms. The molecule has 0 radical (unpaired) electrons. The van der Waals surface area contributed by atoms with E-state index in [4.69, 9.17) is 9.47 Å². The van der Waals surface area contributed by atoms with E-state index in [2.05, 4.69) is 12.1 Å². The van der Waals surface area contributed by atoms with Crippen LogP contribution >= 0.6 is 0 Å². The smallest absolute Gasteiger partial charge is 0.414 e. The van der Waals surface area contributed by atoms with Crippen molar-refractivity contribution in [3.63, 3.8) is 0 Å². The zero-order valence-electron chi connectivity index (χ0n) is 14.8. The molecule has 2 aliphatic rings. The van der Waals surface area contributed by atoms with Crippen LogP contribution in [0.2, 0.25) is 0 Å². The highest BCUT2D eigenvalue weighted by Crippen LogP contribution is 2.50. The molecule has 1 aliphatic carbocycles. The van der Waals surface area contributed by atoms with Gasteiger partial charge in [0.2, 0.25) is 0 Å². The number of carbonyl (C=O) groups excluding carboxylic acids is 2. The number of ether oxygens (including phenoxy) is 2. The van der Waals surface area contributed by atoms with Gasteiger partial charge in [-0.05, 0) is 43.9 Å². The van der Waals surface area contributed by atoms with Gasteiger partial charge in [0.25, 0.3) is 6.47 Å². The maximum Gasteiger partial charge on any atom is 0.414 e. The molecule has 25 heavy (non-hydrogen) atoms. The minimum atomic E-state index is -0.303. The van der Waals surface area contributed by atoms with Crippen molar-refractivity contribution in [3.05, 3.63) is 42.0 Å². The average Bonchev–Trinajstić information content (AvgIpc) is 2.94. The Hall–Kier alpha value is -2.30. The maximum absolute atomic E-state index is 12.6. The van der Waals surface area contributed by atoms with Crippen LogP contribution in [0.3, 0.4) is 0 Å². The Morgan fingerprint density at radius 1 is 1.36 bits per heavy atom. The lowest BCUT2D eigenvalue weighted by Crippen LogP contribution is -2.56. The van der Waals surface area contributed by atoms with Gasteiger partial charge in [0.1, 0.15) is 6.10 Å². The monoisotopic (exact) mass is 343 g/mol. The standard InChI is InChI=1S/C20H25NO4/c1-15(25-14-22)10-11-17-8-5-6-12-20(17)13-16-7-3-4-9-18(16)21(20)19(23)24-2/h3-4,7,9-11,14-15,17H,5-6,8,12-13H2,1-2H3/b11-10+/t15?,17-,20-/m0/s1. The zero-order valence-corrected chi connectivity index (χ0v) is 14.8. The van der Waals surface area contributed by atoms with Crippen LogP contribution in [0.15, 0.2) is 36.4 Å². The average molecular weight is 343 g/mol. The summed E-state index contributed by atoms with van der Waals surface area (Å²) in [5.41, 5.74) is 1.84. The third-order valence-corrected chi connectivity index (χ3v) is 5.48. The van der Waals surface area contributed by atoms with Crippen molar-refractivity contribution in [1.29, 1.82) is 0 Å². The fourth-order valence-electron chi connectivity index (χ4n) is 4.34. The summed E-state index contributed by atoms with van der Waals surface area (Å²) in [4.78, 5) is 25.0. The van der Waals surface area contributed by atoms with E-state index in [-0.39, 0.29) is 23.7 Å². The minimum Gasteiger partial charge on any atom is -0.461 e. The SMILES string of the molecule is COC(=O)N1c2ccccc2C[C@]12CCCC[C@H]2/C=C/C(C)OC=O. The van der Waals surface area contributed by atoms with Gasteiger partial charge >= 0.3 is 6.09 Å². The predicted octanol–water partition coefficient (Wildman–Crippen LogP) is 3.86. The topological polar surface area (TPSA) is 55.8 Å². The van der Waals surface area contributed by atoms with Gasteiger partial charge < -0.3 is 9.47 Å². The second kappa shape index (κ2) is 7.30. The third-order valence-electron chi connectivity index (χ3n) is 5.48. The number of carbonyl (C=O) groups is 2. The van der Waals surface area contributed by atoms with Crippen molar-refractivity contribution in [1.82, 2.24) is 0 Å². The Morgan fingerprint density at radius 3 is 2.92 bits per heavy atom. The van der Waals surface area contributed by atoms with Crippen molar-refractivity contribution < 1.29 is 19.1 Å². The number of anilines is 1. The fourth-order valence-corrected chi connectivity index (χ4v) is 4.34. The Balaban J connectivity index is 1.98. The number of fused-ring (bicyclic) bond motifs is 1. The van der Waals surface area contributed by atoms with Crippen molar-refractivity contribution in [2.45, 2.75) is 50.7 Å². The van der Waals surface area contributed by atoms with Gasteiger partial charge in [0.05, 0.1) is 18.3 Å². The molecule has 0 bridgehead atoms. The van der Waals surface area contributed by atoms with Gasteiger partial charge in [0, 0.05) is 5.92 Å². The van der Waals surface area contributed by atoms with E-state index >= 15 is 0 Å². The Bertz CT molecular complexity index is 671. The molecule has 1 aromatic rings. The molecule has 5 heteroatoms. The Kier molecular flexibility index (Phi) is 5.11. The van der Waals surface area contributed by atoms with E-state index < -0.39 is 0 Å². The first-order chi connectivity index (χ1) is 12.1. The molecule has 5 nitrogen and oxygen atoms in total. The first kappa shape index (κ1) is 17.5. The number of amides is 1. The molecular weight excluding hydrogens is 318 g/mol. The molecule has 1 aliphatic heterocycles. The van der Waals surface area contributed by atoms with Gasteiger partial charge in [-0.15, -0.1) is 0 Å². The van der Waals surface area contributed by atoms with E-state index in [0.29, 0.717) is 6.47 Å². The second-order valence-corrected chi connectivity index (χ2v) is 6.89. The number of rotatable bonds is 4. The second-order valence-electron chi connectivity index (χ2n) is 6.89. The summed E-state index contributed by atoms with van der Waals surface area (Å²) >= 11 is 0. The number of benzene rings is 1. The first-order valence-electron chi connectivity index (χ1n) is 8.86. The van der Waals surface area contributed by atoms with Crippen LogP contribution in [0.5, 0.6) is 0 Å². The van der Waals surface area contributed by atoms with Gasteiger partial charge in [-0.25, -0.2) is 4.79 Å². The van der Waals surface area contributed by atoms with Crippen LogP contribution < -0.4 is 4.90 Å². The number of para-hydroxylation sites is 1. The molecule has 0 N–H and O–H groups in total. The number of methoxy groups -OCH3 is 1. The van der Waals surface area contributed by atoms with Gasteiger partial charge in [-0.2, -0.15) is 0 Å². The maximum atomic E-state index is 12.6. The van der Waals surface area contributed by atoms with Crippen LogP contribution in [0.1, 0.15) is 38.2 Å². The zero-order chi connectivity index (χ0) is 17.9. The molecule has 1 aromatic carbocycles. The lowest BCUT2D eigenvalue weighted by molar-refractivity contribution is -0.130. The summed E-state index contributed by atoms with van der Waals surface area (Å²) in [5.74, 6) is 0.199. The summed E-state index contributed by atoms with van der Waals surface area (Å²) in [6.07, 6.45) is 8.46. The lowest BCUT2D eigenvalue weighted by Gasteiger charge is -2.46. The van der Waals surface area contributed by atoms with Crippen LogP contribution in [0.25, 0.3) is 0 Å². The van der Waals surface area contributed by atoms with Crippen LogP contribution in [0.4, 0.5) is 10.5 Å². The molecule has 1 saturated carbocycles. The Morgan fingerprint density at radius 2 is 2.16 bits per heavy atom. The molecule has 1 unspecified atom stereocenters. The number of hydrogen-bond donors (Lipinski definition) is 0. The molecule has 134 valence electrons. The van der Waals surface area contributed by atoms with E-state index in [9.17, 15) is 9.59 Å². The van der Waals surface area contributed by atoms with E-state index in [1.54, 1.807) is 0 Å². The van der Waals surface area contributed by atoms with Crippen LogP contribution in [-0.4, -0.2) is 31.3 Å².